The minimum atomic E-state index is -1.56. The molecule has 10 heteroatoms. The van der Waals surface area contributed by atoms with Crippen LogP contribution in [0.3, 0.4) is 0 Å². The molecule has 2 unspecified atom stereocenters. The number of anilines is 2. The number of nitrogens with zero attached hydrogens (tertiary/aromatic N) is 2. The summed E-state index contributed by atoms with van der Waals surface area (Å²) in [5, 5.41) is 17.0. The lowest BCUT2D eigenvalue weighted by molar-refractivity contribution is -0.130. The van der Waals surface area contributed by atoms with Crippen LogP contribution in [0, 0.1) is 0 Å². The van der Waals surface area contributed by atoms with Crippen LogP contribution in [0.15, 0.2) is 18.5 Å². The van der Waals surface area contributed by atoms with E-state index in [1.807, 2.05) is 26.8 Å². The van der Waals surface area contributed by atoms with Gasteiger partial charge in [-0.15, -0.1) is 0 Å². The number of aromatic amines is 1. The maximum Gasteiger partial charge on any atom is 0.407 e. The number of aromatic nitrogens is 2. The molecule has 2 atom stereocenters. The summed E-state index contributed by atoms with van der Waals surface area (Å²) in [5.74, 6) is -0.525. The van der Waals surface area contributed by atoms with E-state index >= 15 is 0 Å². The van der Waals surface area contributed by atoms with Gasteiger partial charge < -0.3 is 30.4 Å². The van der Waals surface area contributed by atoms with E-state index < -0.39 is 23.2 Å². The van der Waals surface area contributed by atoms with E-state index in [1.54, 1.807) is 12.4 Å². The number of fused-ring (bicyclic) bond motifs is 1. The maximum atomic E-state index is 12.6. The smallest absolute Gasteiger partial charge is 0.407 e. The largest absolute Gasteiger partial charge is 0.444 e. The van der Waals surface area contributed by atoms with E-state index in [0.717, 1.165) is 30.5 Å². The summed E-state index contributed by atoms with van der Waals surface area (Å²) in [4.78, 5) is 34.4. The predicted molar refractivity (Wildman–Crippen MR) is 124 cm³/mol. The molecule has 4 N–H and O–H groups in total. The molecule has 0 bridgehead atoms. The zero-order chi connectivity index (χ0) is 22.8. The number of carbonyl (C=O) groups is 2. The number of amides is 2. The van der Waals surface area contributed by atoms with Crippen molar-refractivity contribution in [3.8, 4) is 0 Å². The third kappa shape index (κ3) is 5.68. The first-order valence-corrected chi connectivity index (χ1v) is 11.4. The number of aliphatic hydroxyl groups is 1. The van der Waals surface area contributed by atoms with Crippen LogP contribution in [0.5, 0.6) is 0 Å². The van der Waals surface area contributed by atoms with Crippen molar-refractivity contribution in [1.82, 2.24) is 15.3 Å². The van der Waals surface area contributed by atoms with Gasteiger partial charge in [0, 0.05) is 36.0 Å². The molecule has 1 aliphatic heterocycles. The molecule has 0 aliphatic carbocycles. The van der Waals surface area contributed by atoms with Gasteiger partial charge in [0.15, 0.2) is 0 Å². The van der Waals surface area contributed by atoms with Crippen LogP contribution < -0.4 is 15.5 Å². The summed E-state index contributed by atoms with van der Waals surface area (Å²) < 4.78 is 5.39. The predicted octanol–water partition coefficient (Wildman–Crippen LogP) is 3.14. The average molecular weight is 496 g/mol. The molecule has 9 nitrogen and oxygen atoms in total. The fraction of sp³-hybridized carbons (Fsp3) is 0.571. The number of rotatable bonds is 5. The highest BCUT2D eigenvalue weighted by Crippen LogP contribution is 2.35. The number of ether oxygens (including phenoxy) is 1. The van der Waals surface area contributed by atoms with Crippen LogP contribution in [0.1, 0.15) is 40.5 Å². The number of hydrogen-bond donors (Lipinski definition) is 4. The maximum absolute atomic E-state index is 12.6. The number of alkyl carbamates (subject to hydrolysis) is 1. The van der Waals surface area contributed by atoms with Gasteiger partial charge in [0.1, 0.15) is 16.8 Å². The third-order valence-corrected chi connectivity index (χ3v) is 6.11. The van der Waals surface area contributed by atoms with E-state index in [1.165, 1.54) is 6.92 Å². The number of alkyl halides is 1. The second-order valence-electron chi connectivity index (χ2n) is 9.05. The number of pyridine rings is 1. The molecule has 170 valence electrons. The number of halogens is 1. The fourth-order valence-electron chi connectivity index (χ4n) is 3.52. The Morgan fingerprint density at radius 2 is 2.13 bits per heavy atom. The van der Waals surface area contributed by atoms with Gasteiger partial charge in [-0.2, -0.15) is 0 Å². The topological polar surface area (TPSA) is 120 Å². The van der Waals surface area contributed by atoms with Crippen LogP contribution >= 0.6 is 15.9 Å². The van der Waals surface area contributed by atoms with Gasteiger partial charge in [0.25, 0.3) is 5.91 Å². The number of carbonyl (C=O) groups excluding carboxylic acids is 2. The van der Waals surface area contributed by atoms with Gasteiger partial charge in [-0.1, -0.05) is 15.9 Å². The molecule has 0 spiro atoms. The molecule has 0 saturated carbocycles. The van der Waals surface area contributed by atoms with Gasteiger partial charge in [0.2, 0.25) is 0 Å². The van der Waals surface area contributed by atoms with Crippen molar-refractivity contribution in [3.63, 3.8) is 0 Å². The molecule has 2 aromatic heterocycles. The van der Waals surface area contributed by atoms with Crippen molar-refractivity contribution in [2.45, 2.75) is 57.8 Å². The quantitative estimate of drug-likeness (QED) is 0.473. The monoisotopic (exact) mass is 495 g/mol. The molecule has 2 aromatic rings. The second kappa shape index (κ2) is 9.04. The first kappa shape index (κ1) is 23.3. The van der Waals surface area contributed by atoms with E-state index in [9.17, 15) is 14.7 Å². The van der Waals surface area contributed by atoms with Crippen molar-refractivity contribution >= 4 is 50.3 Å². The van der Waals surface area contributed by atoms with E-state index in [0.29, 0.717) is 17.9 Å². The van der Waals surface area contributed by atoms with Gasteiger partial charge in [0.05, 0.1) is 17.6 Å². The first-order chi connectivity index (χ1) is 14.5. The number of H-pyrrole nitrogens is 1. The van der Waals surface area contributed by atoms with Gasteiger partial charge in [-0.25, -0.2) is 9.78 Å². The minimum Gasteiger partial charge on any atom is -0.444 e. The summed E-state index contributed by atoms with van der Waals surface area (Å²) >= 11 is 3.17. The Hall–Kier alpha value is -2.33. The summed E-state index contributed by atoms with van der Waals surface area (Å²) in [7, 11) is 0. The van der Waals surface area contributed by atoms with Crippen molar-refractivity contribution in [2.24, 2.45) is 0 Å². The van der Waals surface area contributed by atoms with Gasteiger partial charge in [-0.05, 0) is 46.6 Å². The van der Waals surface area contributed by atoms with E-state index in [-0.39, 0.29) is 11.4 Å². The minimum absolute atomic E-state index is 0.0973. The standard InChI is InChI=1S/C21H30BrN5O4/c1-20(2,3)31-19(29)25-13-6-5-9-27(11-13)16-14-7-8-23-17(14)24-10-15(16)26-18(28)21(4,30)12-22/h7-8,10,13,30H,5-6,9,11-12H2,1-4H3,(H,23,24)(H,25,29)(H,26,28). The van der Waals surface area contributed by atoms with Crippen LogP contribution in [-0.4, -0.2) is 62.7 Å². The average Bonchev–Trinajstić information content (AvgIpc) is 3.15. The van der Waals surface area contributed by atoms with E-state index in [4.69, 9.17) is 4.74 Å². The van der Waals surface area contributed by atoms with Crippen LogP contribution in [-0.2, 0) is 9.53 Å². The van der Waals surface area contributed by atoms with Crippen LogP contribution in [0.2, 0.25) is 0 Å². The normalized spacial score (nSPS) is 19.0. The van der Waals surface area contributed by atoms with Gasteiger partial charge in [-0.3, -0.25) is 4.79 Å². The van der Waals surface area contributed by atoms with E-state index in [2.05, 4.69) is 41.4 Å². The molecule has 1 aliphatic rings. The highest BCUT2D eigenvalue weighted by molar-refractivity contribution is 9.09. The SMILES string of the molecule is CC(C)(C)OC(=O)NC1CCCN(c2c(NC(=O)C(C)(O)CBr)cnc3[nH]ccc23)C1. The number of piperidine rings is 1. The number of hydrogen-bond acceptors (Lipinski definition) is 6. The van der Waals surface area contributed by atoms with Crippen molar-refractivity contribution in [2.75, 3.05) is 28.6 Å². The highest BCUT2D eigenvalue weighted by atomic mass is 79.9. The van der Waals surface area contributed by atoms with Crippen LogP contribution in [0.4, 0.5) is 16.2 Å². The Kier molecular flexibility index (Phi) is 6.80. The van der Waals surface area contributed by atoms with Crippen molar-refractivity contribution in [3.05, 3.63) is 18.5 Å². The molecule has 0 aromatic carbocycles. The Balaban J connectivity index is 1.86. The molecule has 1 fully saturated rings. The second-order valence-corrected chi connectivity index (χ2v) is 9.61. The number of nitrogens with one attached hydrogen (secondary N) is 3. The first-order valence-electron chi connectivity index (χ1n) is 10.3. The Bertz CT molecular complexity index is 953. The van der Waals surface area contributed by atoms with Crippen molar-refractivity contribution in [1.29, 1.82) is 0 Å². The molecular formula is C21H30BrN5O4. The van der Waals surface area contributed by atoms with Crippen molar-refractivity contribution < 1.29 is 19.4 Å². The highest BCUT2D eigenvalue weighted by Gasteiger charge is 2.31. The Morgan fingerprint density at radius 1 is 1.39 bits per heavy atom. The lowest BCUT2D eigenvalue weighted by Gasteiger charge is -2.36. The zero-order valence-corrected chi connectivity index (χ0v) is 19.9. The van der Waals surface area contributed by atoms with Crippen LogP contribution in [0.25, 0.3) is 11.0 Å². The molecular weight excluding hydrogens is 466 g/mol. The molecule has 3 heterocycles. The Morgan fingerprint density at radius 3 is 2.81 bits per heavy atom. The molecule has 3 rings (SSSR count). The summed E-state index contributed by atoms with van der Waals surface area (Å²) in [6.45, 7) is 8.25. The third-order valence-electron chi connectivity index (χ3n) is 5.01. The Labute approximate surface area is 190 Å². The molecule has 1 saturated heterocycles. The van der Waals surface area contributed by atoms with Gasteiger partial charge >= 0.3 is 6.09 Å². The summed E-state index contributed by atoms with van der Waals surface area (Å²) in [6, 6.07) is 1.81. The lowest BCUT2D eigenvalue weighted by Crippen LogP contribution is -2.49. The molecule has 31 heavy (non-hydrogen) atoms. The molecule has 2 amide bonds. The fourth-order valence-corrected chi connectivity index (χ4v) is 3.77. The molecule has 0 radical (unpaired) electrons. The lowest BCUT2D eigenvalue weighted by atomic mass is 10.0. The summed E-state index contributed by atoms with van der Waals surface area (Å²) in [6.07, 6.45) is 4.63. The summed E-state index contributed by atoms with van der Waals surface area (Å²) in [5.41, 5.74) is -0.114. The zero-order valence-electron chi connectivity index (χ0n) is 18.3.